The Morgan fingerprint density at radius 1 is 0.418 bits per heavy atom. The molecule has 1 atom stereocenters. The average Bonchev–Trinajstić information content (AvgIpc) is 3.64. The Bertz CT molecular complexity index is 3170. The molecule has 11 rings (SSSR count). The molecule has 1 aliphatic heterocycles. The van der Waals surface area contributed by atoms with E-state index < -0.39 is 6.17 Å². The van der Waals surface area contributed by atoms with Crippen LogP contribution in [0.25, 0.3) is 81.8 Å². The van der Waals surface area contributed by atoms with Gasteiger partial charge in [-0.25, -0.2) is 0 Å². The van der Waals surface area contributed by atoms with Crippen LogP contribution in [-0.4, -0.2) is 11.7 Å². The first-order valence-corrected chi connectivity index (χ1v) is 18.6. The minimum absolute atomic E-state index is 0.451. The fraction of sp³-hybridized carbons (Fsp3) is 0.0196. The van der Waals surface area contributed by atoms with Gasteiger partial charge >= 0.3 is 0 Å². The molecule has 4 nitrogen and oxygen atoms in total. The molecule has 1 aliphatic rings. The van der Waals surface area contributed by atoms with Crippen molar-refractivity contribution in [3.63, 3.8) is 0 Å². The quantitative estimate of drug-likeness (QED) is 0.165. The van der Waals surface area contributed by atoms with Crippen LogP contribution in [0, 0.1) is 0 Å². The molecular weight excluding hydrogens is 671 g/mol. The van der Waals surface area contributed by atoms with Gasteiger partial charge in [-0.05, 0) is 102 Å². The van der Waals surface area contributed by atoms with Crippen molar-refractivity contribution in [1.82, 2.24) is 0 Å². The highest BCUT2D eigenvalue weighted by molar-refractivity contribution is 6.22. The number of aliphatic imine (C=N–C) groups is 2. The van der Waals surface area contributed by atoms with Gasteiger partial charge in [-0.3, -0.25) is 4.99 Å². The number of nitrogens with zero attached hydrogens (tertiary/aromatic N) is 3. The van der Waals surface area contributed by atoms with Crippen molar-refractivity contribution in [2.45, 2.75) is 6.17 Å². The fourth-order valence-corrected chi connectivity index (χ4v) is 8.04. The number of rotatable bonds is 5. The summed E-state index contributed by atoms with van der Waals surface area (Å²) in [6.45, 7) is 0. The van der Waals surface area contributed by atoms with Gasteiger partial charge in [0.15, 0.2) is 0 Å². The largest absolute Gasteiger partial charge is 0.456 e. The van der Waals surface area contributed by atoms with Crippen molar-refractivity contribution in [3.05, 3.63) is 210 Å². The lowest BCUT2D eigenvalue weighted by Gasteiger charge is -2.32. The van der Waals surface area contributed by atoms with Crippen molar-refractivity contribution < 1.29 is 4.42 Å². The number of benzene rings is 9. The molecule has 1 unspecified atom stereocenters. The normalized spacial score (nSPS) is 14.4. The lowest BCUT2D eigenvalue weighted by atomic mass is 9.93. The number of fused-ring (bicyclic) bond motifs is 7. The summed E-state index contributed by atoms with van der Waals surface area (Å²) >= 11 is 0. The zero-order valence-corrected chi connectivity index (χ0v) is 29.7. The van der Waals surface area contributed by atoms with E-state index in [1.165, 1.54) is 37.9 Å². The van der Waals surface area contributed by atoms with Gasteiger partial charge in [-0.2, -0.15) is 0 Å². The first-order valence-electron chi connectivity index (χ1n) is 18.6. The number of furan rings is 1. The lowest BCUT2D eigenvalue weighted by molar-refractivity contribution is 0.669. The van der Waals surface area contributed by atoms with E-state index in [0.717, 1.165) is 55.3 Å². The highest BCUT2D eigenvalue weighted by Gasteiger charge is 2.19. The summed E-state index contributed by atoms with van der Waals surface area (Å²) in [6, 6.07) is 66.2. The summed E-state index contributed by atoms with van der Waals surface area (Å²) in [5.41, 5.74) is 8.96. The van der Waals surface area contributed by atoms with Gasteiger partial charge in [-0.1, -0.05) is 164 Å². The molecule has 0 amide bonds. The molecule has 0 aliphatic carbocycles. The van der Waals surface area contributed by atoms with Gasteiger partial charge in [-0.15, -0.1) is 0 Å². The number of para-hydroxylation sites is 1. The molecule has 10 aromatic rings. The Morgan fingerprint density at radius 2 is 1.05 bits per heavy atom. The van der Waals surface area contributed by atoms with E-state index in [2.05, 4.69) is 158 Å². The van der Waals surface area contributed by atoms with E-state index in [4.69, 9.17) is 19.7 Å². The molecule has 0 saturated heterocycles. The molecule has 2 heterocycles. The Kier molecular flexibility index (Phi) is 7.20. The van der Waals surface area contributed by atoms with Crippen molar-refractivity contribution in [2.24, 2.45) is 9.98 Å². The third-order valence-electron chi connectivity index (χ3n) is 10.8. The van der Waals surface area contributed by atoms with Gasteiger partial charge in [0.25, 0.3) is 0 Å². The first kappa shape index (κ1) is 31.2. The van der Waals surface area contributed by atoms with Crippen LogP contribution in [0.1, 0.15) is 22.9 Å². The second-order valence-electron chi connectivity index (χ2n) is 14.2. The van der Waals surface area contributed by atoms with Crippen LogP contribution in [0.5, 0.6) is 0 Å². The highest BCUT2D eigenvalue weighted by Crippen LogP contribution is 2.41. The third-order valence-corrected chi connectivity index (χ3v) is 10.8. The maximum atomic E-state index is 6.57. The summed E-state index contributed by atoms with van der Waals surface area (Å²) in [5.74, 6) is 1.26. The standard InChI is InChI=1S/C51H32N3O/c1-2-12-35(13-3-1)49-52-50(36-22-18-33(19-23-36)38-24-20-32-10-4-5-14-37(32)28-38)54-51(53-49)41-30-45(48-44-16-8-9-17-46(44)55-47(48)31-41)40-26-27-43-39(29-40)25-21-34-11-6-7-15-42(34)43/h1-31,49H/q-1. The van der Waals surface area contributed by atoms with Crippen LogP contribution < -0.4 is 0 Å². The van der Waals surface area contributed by atoms with E-state index in [0.29, 0.717) is 11.7 Å². The molecule has 258 valence electrons. The minimum Gasteiger partial charge on any atom is -0.456 e. The van der Waals surface area contributed by atoms with Crippen molar-refractivity contribution in [1.29, 1.82) is 0 Å². The van der Waals surface area contributed by atoms with E-state index in [1.807, 2.05) is 30.3 Å². The zero-order chi connectivity index (χ0) is 36.3. The Morgan fingerprint density at radius 3 is 1.93 bits per heavy atom. The van der Waals surface area contributed by atoms with Crippen molar-refractivity contribution >= 4 is 65.9 Å². The van der Waals surface area contributed by atoms with Crippen LogP contribution in [0.15, 0.2) is 202 Å². The predicted molar refractivity (Wildman–Crippen MR) is 229 cm³/mol. The second-order valence-corrected chi connectivity index (χ2v) is 14.2. The minimum atomic E-state index is -0.451. The number of hydrogen-bond acceptors (Lipinski definition) is 3. The molecule has 9 aromatic carbocycles. The van der Waals surface area contributed by atoms with Gasteiger partial charge < -0.3 is 14.7 Å². The van der Waals surface area contributed by atoms with Crippen LogP contribution in [0.4, 0.5) is 0 Å². The van der Waals surface area contributed by atoms with E-state index in [9.17, 15) is 0 Å². The summed E-state index contributed by atoms with van der Waals surface area (Å²) in [6.07, 6.45) is -0.451. The van der Waals surface area contributed by atoms with Crippen molar-refractivity contribution in [2.75, 3.05) is 0 Å². The lowest BCUT2D eigenvalue weighted by Crippen LogP contribution is -2.16. The monoisotopic (exact) mass is 702 g/mol. The first-order chi connectivity index (χ1) is 27.2. The van der Waals surface area contributed by atoms with Gasteiger partial charge in [0.1, 0.15) is 11.2 Å². The predicted octanol–water partition coefficient (Wildman–Crippen LogP) is 13.7. The molecule has 0 spiro atoms. The van der Waals surface area contributed by atoms with Crippen LogP contribution >= 0.6 is 0 Å². The molecule has 0 N–H and O–H groups in total. The van der Waals surface area contributed by atoms with E-state index in [1.54, 1.807) is 0 Å². The number of amidine groups is 2. The molecule has 1 aromatic heterocycles. The van der Waals surface area contributed by atoms with Gasteiger partial charge in [0.2, 0.25) is 0 Å². The second kappa shape index (κ2) is 12.7. The zero-order valence-electron chi connectivity index (χ0n) is 29.7. The summed E-state index contributed by atoms with van der Waals surface area (Å²) in [4.78, 5) is 10.3. The molecule has 0 fully saturated rings. The topological polar surface area (TPSA) is 52.0 Å². The Labute approximate surface area is 317 Å². The van der Waals surface area contributed by atoms with Crippen molar-refractivity contribution in [3.8, 4) is 22.3 Å². The molecule has 4 heteroatoms. The van der Waals surface area contributed by atoms with Crippen LogP contribution in [0.2, 0.25) is 0 Å². The maximum absolute atomic E-state index is 6.57. The maximum Gasteiger partial charge on any atom is 0.136 e. The molecule has 55 heavy (non-hydrogen) atoms. The summed E-state index contributed by atoms with van der Waals surface area (Å²) in [5, 5.41) is 14.7. The van der Waals surface area contributed by atoms with Crippen LogP contribution in [0.3, 0.4) is 0 Å². The smallest absolute Gasteiger partial charge is 0.136 e. The fourth-order valence-electron chi connectivity index (χ4n) is 8.04. The van der Waals surface area contributed by atoms with Crippen LogP contribution in [-0.2, 0) is 0 Å². The summed E-state index contributed by atoms with van der Waals surface area (Å²) in [7, 11) is 0. The third kappa shape index (κ3) is 5.46. The number of hydrogen-bond donors (Lipinski definition) is 0. The molecular formula is C51H32N3O-. The highest BCUT2D eigenvalue weighted by atomic mass is 16.3. The molecule has 0 radical (unpaired) electrons. The SMILES string of the molecule is c1ccc(C2N=C(c3ccc(-c4ccc5ccccc5c4)cc3)N=C(c3cc(-c4ccc5c(ccc6ccccc65)c4)c4c(c3)oc3ccccc34)[N-]2)cc1. The summed E-state index contributed by atoms with van der Waals surface area (Å²) < 4.78 is 6.57. The van der Waals surface area contributed by atoms with Gasteiger partial charge in [0, 0.05) is 10.8 Å². The average molecular weight is 703 g/mol. The molecule has 0 bridgehead atoms. The van der Waals surface area contributed by atoms with Gasteiger partial charge in [0.05, 0.1) is 12.0 Å². The van der Waals surface area contributed by atoms with E-state index >= 15 is 0 Å². The Hall–Kier alpha value is -7.30. The van der Waals surface area contributed by atoms with E-state index in [-0.39, 0.29) is 0 Å². The Balaban J connectivity index is 1.05. The molecule has 0 saturated carbocycles.